The Hall–Kier alpha value is -2.15. The topological polar surface area (TPSA) is 59.8 Å². The molecular formula is C17H17FN4OS. The molecule has 2 atom stereocenters. The van der Waals surface area contributed by atoms with Crippen LogP contribution in [0, 0.1) is 11.7 Å². The number of ketones is 1. The highest BCUT2D eigenvalue weighted by Gasteiger charge is 2.42. The molecule has 5 nitrogen and oxygen atoms in total. The van der Waals surface area contributed by atoms with Gasteiger partial charge in [0.15, 0.2) is 0 Å². The number of carbonyl (C=O) groups is 1. The Morgan fingerprint density at radius 2 is 2.25 bits per heavy atom. The highest BCUT2D eigenvalue weighted by atomic mass is 32.2. The first-order chi connectivity index (χ1) is 11.7. The number of nitrogens with one attached hydrogen (secondary N) is 1. The van der Waals surface area contributed by atoms with Gasteiger partial charge >= 0.3 is 0 Å². The van der Waals surface area contributed by atoms with Crippen LogP contribution in [0.25, 0.3) is 0 Å². The van der Waals surface area contributed by atoms with Gasteiger partial charge in [-0.25, -0.2) is 9.07 Å². The van der Waals surface area contributed by atoms with Crippen LogP contribution in [0.1, 0.15) is 31.4 Å². The number of halogens is 1. The van der Waals surface area contributed by atoms with Crippen molar-refractivity contribution >= 4 is 23.5 Å². The molecule has 4 rings (SSSR count). The molecule has 24 heavy (non-hydrogen) atoms. The molecule has 1 aliphatic carbocycles. The lowest BCUT2D eigenvalue weighted by Crippen LogP contribution is -2.39. The van der Waals surface area contributed by atoms with E-state index in [2.05, 4.69) is 15.4 Å². The number of hydrogen-bond donors (Lipinski definition) is 1. The normalized spacial score (nSPS) is 22.4. The Labute approximate surface area is 143 Å². The minimum Gasteiger partial charge on any atom is -0.328 e. The molecule has 1 N–H and O–H groups in total. The molecule has 7 heteroatoms. The number of Topliss-reactive ketones (excluding diaryl/α,β-unsaturated/α-hetero) is 1. The fourth-order valence-corrected chi connectivity index (χ4v) is 3.93. The summed E-state index contributed by atoms with van der Waals surface area (Å²) in [7, 11) is 0. The molecule has 0 saturated carbocycles. The summed E-state index contributed by atoms with van der Waals surface area (Å²) >= 11 is 1.52. The van der Waals surface area contributed by atoms with Crippen molar-refractivity contribution in [2.75, 3.05) is 11.1 Å². The quantitative estimate of drug-likeness (QED) is 0.865. The highest BCUT2D eigenvalue weighted by Crippen LogP contribution is 2.42. The Bertz CT molecular complexity index is 832. The van der Waals surface area contributed by atoms with Gasteiger partial charge in [0.1, 0.15) is 11.6 Å². The first-order valence-electron chi connectivity index (χ1n) is 8.02. The molecule has 2 heterocycles. The van der Waals surface area contributed by atoms with Crippen LogP contribution >= 0.6 is 11.8 Å². The number of allylic oxidation sites excluding steroid dienone is 2. The summed E-state index contributed by atoms with van der Waals surface area (Å²) in [4.78, 5) is 17.1. The molecule has 1 aromatic heterocycles. The van der Waals surface area contributed by atoms with Gasteiger partial charge in [-0.1, -0.05) is 43.0 Å². The van der Waals surface area contributed by atoms with Gasteiger partial charge in [0, 0.05) is 17.7 Å². The lowest BCUT2D eigenvalue weighted by Gasteiger charge is -2.36. The van der Waals surface area contributed by atoms with Crippen LogP contribution in [0.2, 0.25) is 0 Å². The smallest absolute Gasteiger partial charge is 0.227 e. The van der Waals surface area contributed by atoms with Crippen LogP contribution in [-0.2, 0) is 4.79 Å². The molecule has 0 saturated heterocycles. The Kier molecular flexibility index (Phi) is 3.88. The van der Waals surface area contributed by atoms with E-state index in [0.29, 0.717) is 29.5 Å². The molecule has 0 spiro atoms. The van der Waals surface area contributed by atoms with Crippen LogP contribution in [0.3, 0.4) is 0 Å². The fraction of sp³-hybridized carbons (Fsp3) is 0.353. The van der Waals surface area contributed by atoms with Gasteiger partial charge in [-0.2, -0.15) is 4.98 Å². The second-order valence-corrected chi connectivity index (χ2v) is 7.06. The summed E-state index contributed by atoms with van der Waals surface area (Å²) in [5.41, 5.74) is 1.29. The summed E-state index contributed by atoms with van der Waals surface area (Å²) < 4.78 is 16.2. The van der Waals surface area contributed by atoms with Crippen LogP contribution in [-0.4, -0.2) is 26.3 Å². The summed E-state index contributed by atoms with van der Waals surface area (Å²) in [5.74, 6) is 0.756. The van der Waals surface area contributed by atoms with Gasteiger partial charge in [0.05, 0.1) is 12.0 Å². The van der Waals surface area contributed by atoms with Crippen LogP contribution in [0.15, 0.2) is 41.2 Å². The zero-order valence-electron chi connectivity index (χ0n) is 13.2. The van der Waals surface area contributed by atoms with Gasteiger partial charge in [-0.15, -0.1) is 5.10 Å². The monoisotopic (exact) mass is 344 g/mol. The second kappa shape index (κ2) is 6.05. The van der Waals surface area contributed by atoms with Crippen molar-refractivity contribution in [1.82, 2.24) is 14.8 Å². The minimum atomic E-state index is -0.500. The molecule has 2 aromatic rings. The molecule has 0 amide bonds. The maximum absolute atomic E-state index is 14.5. The maximum Gasteiger partial charge on any atom is 0.227 e. The van der Waals surface area contributed by atoms with Crippen molar-refractivity contribution in [3.05, 3.63) is 47.4 Å². The van der Waals surface area contributed by atoms with E-state index in [4.69, 9.17) is 0 Å². The number of anilines is 1. The van der Waals surface area contributed by atoms with Crippen molar-refractivity contribution in [2.24, 2.45) is 5.92 Å². The van der Waals surface area contributed by atoms with E-state index in [-0.39, 0.29) is 11.6 Å². The number of fused-ring (bicyclic) bond motifs is 2. The third-order valence-corrected chi connectivity index (χ3v) is 5.10. The predicted octanol–water partition coefficient (Wildman–Crippen LogP) is 3.41. The molecule has 0 radical (unpaired) electrons. The number of hydrogen-bond acceptors (Lipinski definition) is 5. The Morgan fingerprint density at radius 1 is 1.42 bits per heavy atom. The first-order valence-corrected chi connectivity index (χ1v) is 9.01. The van der Waals surface area contributed by atoms with E-state index >= 15 is 0 Å². The SMILES string of the molecule is CCSc1nc2n(n1)[C@H](c1ccccc1F)[C@H]1C(=O)CCC=C1N2. The first kappa shape index (κ1) is 15.4. The van der Waals surface area contributed by atoms with Crippen molar-refractivity contribution in [3.8, 4) is 0 Å². The van der Waals surface area contributed by atoms with Gasteiger partial charge in [0.2, 0.25) is 11.1 Å². The van der Waals surface area contributed by atoms with Gasteiger partial charge < -0.3 is 5.32 Å². The zero-order chi connectivity index (χ0) is 16.7. The number of thioether (sulfide) groups is 1. The number of carbonyl (C=O) groups excluding carboxylic acids is 1. The van der Waals surface area contributed by atoms with Gasteiger partial charge in [-0.05, 0) is 18.2 Å². The third kappa shape index (κ3) is 2.43. The summed E-state index contributed by atoms with van der Waals surface area (Å²) in [6.07, 6.45) is 3.19. The summed E-state index contributed by atoms with van der Waals surface area (Å²) in [6.45, 7) is 2.03. The molecule has 0 bridgehead atoms. The maximum atomic E-state index is 14.5. The van der Waals surface area contributed by atoms with Gasteiger partial charge in [0.25, 0.3) is 0 Å². The molecule has 124 valence electrons. The van der Waals surface area contributed by atoms with E-state index < -0.39 is 12.0 Å². The summed E-state index contributed by atoms with van der Waals surface area (Å²) in [6, 6.07) is 6.09. The van der Waals surface area contributed by atoms with E-state index in [1.165, 1.54) is 17.8 Å². The largest absolute Gasteiger partial charge is 0.328 e. The van der Waals surface area contributed by atoms with Crippen molar-refractivity contribution in [3.63, 3.8) is 0 Å². The molecule has 1 aromatic carbocycles. The van der Waals surface area contributed by atoms with Crippen molar-refractivity contribution < 1.29 is 9.18 Å². The van der Waals surface area contributed by atoms with Crippen LogP contribution < -0.4 is 5.32 Å². The average molecular weight is 344 g/mol. The second-order valence-electron chi connectivity index (χ2n) is 5.83. The number of aromatic nitrogens is 3. The average Bonchev–Trinajstić information content (AvgIpc) is 2.96. The Morgan fingerprint density at radius 3 is 3.04 bits per heavy atom. The van der Waals surface area contributed by atoms with E-state index in [1.54, 1.807) is 22.9 Å². The van der Waals surface area contributed by atoms with Crippen molar-refractivity contribution in [1.29, 1.82) is 0 Å². The lowest BCUT2D eigenvalue weighted by atomic mass is 9.80. The molecule has 0 unspecified atom stereocenters. The number of nitrogens with zero attached hydrogens (tertiary/aromatic N) is 3. The fourth-order valence-electron chi connectivity index (χ4n) is 3.37. The van der Waals surface area contributed by atoms with E-state index in [9.17, 15) is 9.18 Å². The van der Waals surface area contributed by atoms with Crippen molar-refractivity contribution in [2.45, 2.75) is 31.0 Å². The molecule has 0 fully saturated rings. The lowest BCUT2D eigenvalue weighted by molar-refractivity contribution is -0.123. The van der Waals surface area contributed by atoms with E-state index in [1.807, 2.05) is 13.0 Å². The third-order valence-electron chi connectivity index (χ3n) is 4.38. The predicted molar refractivity (Wildman–Crippen MR) is 90.4 cm³/mol. The van der Waals surface area contributed by atoms with E-state index in [0.717, 1.165) is 11.4 Å². The van der Waals surface area contributed by atoms with Crippen LogP contribution in [0.4, 0.5) is 10.3 Å². The van der Waals surface area contributed by atoms with Gasteiger partial charge in [-0.3, -0.25) is 4.79 Å². The zero-order valence-corrected chi connectivity index (χ0v) is 14.0. The minimum absolute atomic E-state index is 0.110. The molecule has 1 aliphatic heterocycles. The molecular weight excluding hydrogens is 327 g/mol. The standard InChI is InChI=1S/C17H17FN4OS/c1-2-24-17-20-16-19-12-8-5-9-13(23)14(12)15(22(16)21-17)10-6-3-4-7-11(10)18/h3-4,6-8,14-15H,2,5,9H2,1H3,(H,19,20,21)/t14-,15-/m1/s1. The number of benzene rings is 1. The van der Waals surface area contributed by atoms with Crippen LogP contribution in [0.5, 0.6) is 0 Å². The highest BCUT2D eigenvalue weighted by molar-refractivity contribution is 7.99. The number of rotatable bonds is 3. The summed E-state index contributed by atoms with van der Waals surface area (Å²) in [5, 5.41) is 8.38. The Balaban J connectivity index is 1.90. The molecule has 2 aliphatic rings.